The van der Waals surface area contributed by atoms with E-state index in [1.807, 2.05) is 6.07 Å². The number of carbonyl (C=O) groups excluding carboxylic acids is 3. The number of esters is 1. The third-order valence-corrected chi connectivity index (χ3v) is 4.40. The molecule has 3 aromatic carbocycles. The van der Waals surface area contributed by atoms with Crippen LogP contribution in [0.1, 0.15) is 33.2 Å². The molecule has 0 aliphatic heterocycles. The smallest absolute Gasteiger partial charge is 0.338 e. The fourth-order valence-electron chi connectivity index (χ4n) is 2.61. The summed E-state index contributed by atoms with van der Waals surface area (Å²) in [6, 6.07) is 21.6. The van der Waals surface area contributed by atoms with E-state index < -0.39 is 18.0 Å². The number of halogens is 1. The Morgan fingerprint density at radius 2 is 1.45 bits per heavy atom. The van der Waals surface area contributed by atoms with Crippen molar-refractivity contribution in [3.05, 3.63) is 101 Å². The van der Waals surface area contributed by atoms with Crippen LogP contribution in [0.2, 0.25) is 5.02 Å². The van der Waals surface area contributed by atoms with Crippen LogP contribution in [0.5, 0.6) is 0 Å². The molecule has 0 radical (unpaired) electrons. The van der Waals surface area contributed by atoms with Gasteiger partial charge in [-0.05, 0) is 37.3 Å². The van der Waals surface area contributed by atoms with E-state index in [0.717, 1.165) is 0 Å². The Morgan fingerprint density at radius 3 is 2.10 bits per heavy atom. The first-order valence-electron chi connectivity index (χ1n) is 8.91. The molecule has 1 N–H and O–H groups in total. The maximum Gasteiger partial charge on any atom is 0.338 e. The molecule has 0 saturated carbocycles. The zero-order chi connectivity index (χ0) is 20.8. The summed E-state index contributed by atoms with van der Waals surface area (Å²) >= 11 is 5.89. The van der Waals surface area contributed by atoms with Gasteiger partial charge in [-0.3, -0.25) is 9.59 Å². The van der Waals surface area contributed by atoms with Crippen LogP contribution in [0.4, 0.5) is 5.69 Å². The van der Waals surface area contributed by atoms with Gasteiger partial charge in [-0.1, -0.05) is 60.1 Å². The molecule has 3 aromatic rings. The number of benzene rings is 3. The van der Waals surface area contributed by atoms with Crippen molar-refractivity contribution in [3.63, 3.8) is 0 Å². The largest absolute Gasteiger partial charge is 0.449 e. The predicted octanol–water partition coefficient (Wildman–Crippen LogP) is 4.76. The molecule has 5 nitrogen and oxygen atoms in total. The molecule has 0 saturated heterocycles. The number of anilines is 1. The summed E-state index contributed by atoms with van der Waals surface area (Å²) in [7, 11) is 0. The number of ether oxygens (including phenoxy) is 1. The van der Waals surface area contributed by atoms with Gasteiger partial charge >= 0.3 is 5.97 Å². The molecule has 1 atom stereocenters. The van der Waals surface area contributed by atoms with E-state index >= 15 is 0 Å². The van der Waals surface area contributed by atoms with Gasteiger partial charge in [0, 0.05) is 21.8 Å². The second-order valence-corrected chi connectivity index (χ2v) is 6.76. The Morgan fingerprint density at radius 1 is 0.828 bits per heavy atom. The number of rotatable bonds is 6. The van der Waals surface area contributed by atoms with Crippen LogP contribution in [-0.4, -0.2) is 23.8 Å². The molecule has 146 valence electrons. The number of carbonyl (C=O) groups is 3. The van der Waals surface area contributed by atoms with Crippen LogP contribution in [0.25, 0.3) is 0 Å². The minimum absolute atomic E-state index is 0.139. The van der Waals surface area contributed by atoms with Crippen LogP contribution >= 0.6 is 11.6 Å². The maximum absolute atomic E-state index is 12.4. The number of amides is 1. The van der Waals surface area contributed by atoms with Gasteiger partial charge in [0.2, 0.25) is 0 Å². The highest BCUT2D eigenvalue weighted by Crippen LogP contribution is 2.16. The first kappa shape index (κ1) is 20.3. The van der Waals surface area contributed by atoms with Crippen molar-refractivity contribution >= 4 is 34.9 Å². The molecule has 0 aromatic heterocycles. The Hall–Kier alpha value is -3.44. The van der Waals surface area contributed by atoms with Crippen LogP contribution in [0.15, 0.2) is 78.9 Å². The second-order valence-electron chi connectivity index (χ2n) is 6.32. The standard InChI is InChI=1S/C23H18ClNO4/c1-15(22(27)25-20-9-5-8-19(24)14-20)29-23(28)18-12-10-17(11-13-18)21(26)16-6-3-2-4-7-16/h2-15H,1H3,(H,25,27)/t15-/m1/s1. The van der Waals surface area contributed by atoms with Crippen molar-refractivity contribution in [3.8, 4) is 0 Å². The monoisotopic (exact) mass is 407 g/mol. The Labute approximate surface area is 173 Å². The van der Waals surface area contributed by atoms with Gasteiger partial charge in [-0.25, -0.2) is 4.79 Å². The molecule has 29 heavy (non-hydrogen) atoms. The zero-order valence-corrected chi connectivity index (χ0v) is 16.3. The van der Waals surface area contributed by atoms with Gasteiger partial charge in [-0.2, -0.15) is 0 Å². The Balaban J connectivity index is 1.61. The fourth-order valence-corrected chi connectivity index (χ4v) is 2.80. The van der Waals surface area contributed by atoms with Crippen molar-refractivity contribution in [2.75, 3.05) is 5.32 Å². The third kappa shape index (κ3) is 5.30. The first-order valence-corrected chi connectivity index (χ1v) is 9.29. The lowest BCUT2D eigenvalue weighted by molar-refractivity contribution is -0.123. The molecule has 0 spiro atoms. The molecular formula is C23H18ClNO4. The van der Waals surface area contributed by atoms with Gasteiger partial charge in [0.15, 0.2) is 11.9 Å². The lowest BCUT2D eigenvalue weighted by atomic mass is 10.0. The number of ketones is 1. The summed E-state index contributed by atoms with van der Waals surface area (Å²) in [5.41, 5.74) is 1.78. The molecule has 0 aliphatic carbocycles. The quantitative estimate of drug-likeness (QED) is 0.472. The fraction of sp³-hybridized carbons (Fsp3) is 0.0870. The topological polar surface area (TPSA) is 72.5 Å². The average Bonchev–Trinajstić information content (AvgIpc) is 2.74. The first-order chi connectivity index (χ1) is 13.9. The van der Waals surface area contributed by atoms with E-state index in [1.54, 1.807) is 60.7 Å². The SMILES string of the molecule is C[C@@H](OC(=O)c1ccc(C(=O)c2ccccc2)cc1)C(=O)Nc1cccc(Cl)c1. The molecular weight excluding hydrogens is 390 g/mol. The minimum atomic E-state index is -1.01. The highest BCUT2D eigenvalue weighted by atomic mass is 35.5. The van der Waals surface area contributed by atoms with Crippen molar-refractivity contribution in [2.45, 2.75) is 13.0 Å². The number of hydrogen-bond acceptors (Lipinski definition) is 4. The molecule has 0 bridgehead atoms. The third-order valence-electron chi connectivity index (χ3n) is 4.16. The lowest BCUT2D eigenvalue weighted by Crippen LogP contribution is -2.30. The van der Waals surface area contributed by atoms with Crippen molar-refractivity contribution in [2.24, 2.45) is 0 Å². The number of nitrogens with one attached hydrogen (secondary N) is 1. The molecule has 3 rings (SSSR count). The van der Waals surface area contributed by atoms with Gasteiger partial charge in [0.05, 0.1) is 5.56 Å². The summed E-state index contributed by atoms with van der Waals surface area (Å²) < 4.78 is 5.22. The van der Waals surface area contributed by atoms with Crippen molar-refractivity contribution in [1.29, 1.82) is 0 Å². The van der Waals surface area contributed by atoms with Crippen LogP contribution in [0, 0.1) is 0 Å². The van der Waals surface area contributed by atoms with E-state index in [0.29, 0.717) is 21.8 Å². The highest BCUT2D eigenvalue weighted by molar-refractivity contribution is 6.30. The Kier molecular flexibility index (Phi) is 6.42. The second kappa shape index (κ2) is 9.17. The van der Waals surface area contributed by atoms with Crippen LogP contribution < -0.4 is 5.32 Å². The van der Waals surface area contributed by atoms with Crippen LogP contribution in [0.3, 0.4) is 0 Å². The lowest BCUT2D eigenvalue weighted by Gasteiger charge is -2.14. The predicted molar refractivity (Wildman–Crippen MR) is 111 cm³/mol. The van der Waals surface area contributed by atoms with E-state index in [1.165, 1.54) is 19.1 Å². The van der Waals surface area contributed by atoms with Gasteiger partial charge in [-0.15, -0.1) is 0 Å². The van der Waals surface area contributed by atoms with Gasteiger partial charge in [0.25, 0.3) is 5.91 Å². The zero-order valence-electron chi connectivity index (χ0n) is 15.6. The maximum atomic E-state index is 12.4. The van der Waals surface area contributed by atoms with E-state index in [2.05, 4.69) is 5.32 Å². The summed E-state index contributed by atoms with van der Waals surface area (Å²) in [5.74, 6) is -1.27. The van der Waals surface area contributed by atoms with E-state index in [9.17, 15) is 14.4 Å². The average molecular weight is 408 g/mol. The molecule has 0 aliphatic rings. The normalized spacial score (nSPS) is 11.4. The number of hydrogen-bond donors (Lipinski definition) is 1. The van der Waals surface area contributed by atoms with Gasteiger partial charge < -0.3 is 10.1 Å². The van der Waals surface area contributed by atoms with Crippen molar-refractivity contribution < 1.29 is 19.1 Å². The molecule has 1 amide bonds. The van der Waals surface area contributed by atoms with E-state index in [4.69, 9.17) is 16.3 Å². The summed E-state index contributed by atoms with van der Waals surface area (Å²) in [5, 5.41) is 3.12. The molecule has 6 heteroatoms. The molecule has 0 heterocycles. The van der Waals surface area contributed by atoms with Gasteiger partial charge in [0.1, 0.15) is 0 Å². The van der Waals surface area contributed by atoms with E-state index in [-0.39, 0.29) is 11.3 Å². The Bertz CT molecular complexity index is 1030. The summed E-state index contributed by atoms with van der Waals surface area (Å²) in [4.78, 5) is 36.9. The minimum Gasteiger partial charge on any atom is -0.449 e. The highest BCUT2D eigenvalue weighted by Gasteiger charge is 2.19. The summed E-state index contributed by atoms with van der Waals surface area (Å²) in [6.07, 6.45) is -1.01. The van der Waals surface area contributed by atoms with Crippen molar-refractivity contribution in [1.82, 2.24) is 0 Å². The summed E-state index contributed by atoms with van der Waals surface area (Å²) in [6.45, 7) is 1.48. The molecule has 0 unspecified atom stereocenters. The van der Waals surface area contributed by atoms with Crippen LogP contribution in [-0.2, 0) is 9.53 Å². The molecule has 0 fully saturated rings.